The molecule has 5 nitrogen and oxygen atoms in total. The molecule has 0 spiro atoms. The van der Waals surface area contributed by atoms with Crippen LogP contribution in [0.1, 0.15) is 28.8 Å². The Balaban J connectivity index is 0.00000200. The Labute approximate surface area is 124 Å². The number of hydrogen-bond acceptors (Lipinski definition) is 3. The number of amides is 2. The predicted molar refractivity (Wildman–Crippen MR) is 81.5 cm³/mol. The number of halogens is 1. The van der Waals surface area contributed by atoms with Crippen molar-refractivity contribution in [3.63, 3.8) is 0 Å². The highest BCUT2D eigenvalue weighted by molar-refractivity contribution is 6.00. The summed E-state index contributed by atoms with van der Waals surface area (Å²) >= 11 is 0. The molecule has 1 unspecified atom stereocenters. The van der Waals surface area contributed by atoms with Crippen LogP contribution in [0, 0.1) is 6.92 Å². The van der Waals surface area contributed by atoms with Gasteiger partial charge >= 0.3 is 0 Å². The van der Waals surface area contributed by atoms with Crippen molar-refractivity contribution in [1.82, 2.24) is 10.6 Å². The number of carbonyl (C=O) groups excluding carboxylic acids is 2. The van der Waals surface area contributed by atoms with Crippen molar-refractivity contribution < 1.29 is 9.59 Å². The van der Waals surface area contributed by atoms with Crippen LogP contribution in [0.5, 0.6) is 0 Å². The first-order chi connectivity index (χ1) is 9.13. The van der Waals surface area contributed by atoms with Crippen molar-refractivity contribution in [1.29, 1.82) is 0 Å². The van der Waals surface area contributed by atoms with Crippen LogP contribution >= 0.6 is 12.4 Å². The molecular formula is C14H20ClN3O2. The van der Waals surface area contributed by atoms with Crippen LogP contribution in [0.4, 0.5) is 5.69 Å². The smallest absolute Gasteiger partial charge is 0.251 e. The van der Waals surface area contributed by atoms with Gasteiger partial charge in [0.2, 0.25) is 5.91 Å². The first kappa shape index (κ1) is 16.5. The van der Waals surface area contributed by atoms with Gasteiger partial charge in [-0.05, 0) is 44.0 Å². The van der Waals surface area contributed by atoms with Crippen LogP contribution in [0.2, 0.25) is 0 Å². The quantitative estimate of drug-likeness (QED) is 0.791. The van der Waals surface area contributed by atoms with Gasteiger partial charge in [0.05, 0.1) is 6.04 Å². The summed E-state index contributed by atoms with van der Waals surface area (Å²) < 4.78 is 0. The molecule has 0 bridgehead atoms. The van der Waals surface area contributed by atoms with Crippen LogP contribution in [0.15, 0.2) is 18.2 Å². The lowest BCUT2D eigenvalue weighted by Crippen LogP contribution is -2.35. The molecule has 2 rings (SSSR count). The predicted octanol–water partition coefficient (Wildman–Crippen LogP) is 1.47. The largest absolute Gasteiger partial charge is 0.355 e. The molecule has 0 aromatic heterocycles. The summed E-state index contributed by atoms with van der Waals surface area (Å²) in [5.41, 5.74) is 2.06. The molecule has 1 fully saturated rings. The van der Waals surface area contributed by atoms with E-state index < -0.39 is 0 Å². The zero-order valence-electron chi connectivity index (χ0n) is 11.7. The van der Waals surface area contributed by atoms with Gasteiger partial charge in [0.15, 0.2) is 0 Å². The summed E-state index contributed by atoms with van der Waals surface area (Å²) in [4.78, 5) is 23.7. The van der Waals surface area contributed by atoms with E-state index in [2.05, 4.69) is 16.0 Å². The Bertz CT molecular complexity index is 499. The average molecular weight is 298 g/mol. The summed E-state index contributed by atoms with van der Waals surface area (Å²) in [7, 11) is 1.59. The van der Waals surface area contributed by atoms with E-state index in [-0.39, 0.29) is 30.3 Å². The maximum absolute atomic E-state index is 12.0. The van der Waals surface area contributed by atoms with Crippen LogP contribution < -0.4 is 16.0 Å². The Hall–Kier alpha value is -1.59. The molecule has 3 N–H and O–H groups in total. The summed E-state index contributed by atoms with van der Waals surface area (Å²) in [6.07, 6.45) is 1.88. The minimum atomic E-state index is -0.146. The van der Waals surface area contributed by atoms with Crippen LogP contribution in [0.3, 0.4) is 0 Å². The van der Waals surface area contributed by atoms with E-state index in [1.807, 2.05) is 13.0 Å². The molecule has 1 aliphatic rings. The molecule has 1 atom stereocenters. The van der Waals surface area contributed by atoms with E-state index in [1.54, 1.807) is 19.2 Å². The van der Waals surface area contributed by atoms with Crippen molar-refractivity contribution in [3.8, 4) is 0 Å². The van der Waals surface area contributed by atoms with Gasteiger partial charge in [-0.15, -0.1) is 12.4 Å². The molecule has 0 aliphatic carbocycles. The van der Waals surface area contributed by atoms with E-state index in [0.29, 0.717) is 11.3 Å². The monoisotopic (exact) mass is 297 g/mol. The number of nitrogens with one attached hydrogen (secondary N) is 3. The molecule has 1 heterocycles. The third-order valence-corrected chi connectivity index (χ3v) is 3.44. The van der Waals surface area contributed by atoms with Gasteiger partial charge in [0.25, 0.3) is 5.91 Å². The second-order valence-corrected chi connectivity index (χ2v) is 4.70. The van der Waals surface area contributed by atoms with Gasteiger partial charge in [0.1, 0.15) is 0 Å². The SMILES string of the molecule is CNC(=O)c1cccc(NC(=O)C2CCCN2)c1C.Cl. The third kappa shape index (κ3) is 3.49. The molecular weight excluding hydrogens is 278 g/mol. The lowest BCUT2D eigenvalue weighted by atomic mass is 10.1. The van der Waals surface area contributed by atoms with E-state index in [1.165, 1.54) is 0 Å². The minimum absolute atomic E-state index is 0. The zero-order valence-corrected chi connectivity index (χ0v) is 12.5. The van der Waals surface area contributed by atoms with E-state index in [9.17, 15) is 9.59 Å². The van der Waals surface area contributed by atoms with Crippen molar-refractivity contribution >= 4 is 29.9 Å². The molecule has 1 saturated heterocycles. The summed E-state index contributed by atoms with van der Waals surface area (Å²) in [6, 6.07) is 5.21. The molecule has 110 valence electrons. The highest BCUT2D eigenvalue weighted by Crippen LogP contribution is 2.20. The molecule has 6 heteroatoms. The van der Waals surface area contributed by atoms with Gasteiger partial charge in [-0.1, -0.05) is 6.07 Å². The van der Waals surface area contributed by atoms with E-state index in [0.717, 1.165) is 24.9 Å². The summed E-state index contributed by atoms with van der Waals surface area (Å²) in [5.74, 6) is -0.178. The fraction of sp³-hybridized carbons (Fsp3) is 0.429. The molecule has 2 amide bonds. The molecule has 1 aromatic rings. The van der Waals surface area contributed by atoms with Crippen LogP contribution in [-0.2, 0) is 4.79 Å². The number of anilines is 1. The zero-order chi connectivity index (χ0) is 13.8. The van der Waals surface area contributed by atoms with Gasteiger partial charge in [-0.25, -0.2) is 0 Å². The Kier molecular flexibility index (Phi) is 5.98. The number of benzene rings is 1. The van der Waals surface area contributed by atoms with Gasteiger partial charge in [-0.2, -0.15) is 0 Å². The fourth-order valence-electron chi connectivity index (χ4n) is 2.28. The lowest BCUT2D eigenvalue weighted by Gasteiger charge is -2.14. The fourth-order valence-corrected chi connectivity index (χ4v) is 2.28. The van der Waals surface area contributed by atoms with E-state index >= 15 is 0 Å². The van der Waals surface area contributed by atoms with Crippen molar-refractivity contribution in [3.05, 3.63) is 29.3 Å². The number of carbonyl (C=O) groups is 2. The molecule has 20 heavy (non-hydrogen) atoms. The van der Waals surface area contributed by atoms with Crippen LogP contribution in [-0.4, -0.2) is 31.4 Å². The Morgan fingerprint density at radius 3 is 2.70 bits per heavy atom. The molecule has 0 saturated carbocycles. The normalized spacial score (nSPS) is 17.2. The molecule has 0 radical (unpaired) electrons. The van der Waals surface area contributed by atoms with Crippen molar-refractivity contribution in [2.45, 2.75) is 25.8 Å². The summed E-state index contributed by atoms with van der Waals surface area (Å²) in [5, 5.41) is 8.64. The Morgan fingerprint density at radius 2 is 2.10 bits per heavy atom. The average Bonchev–Trinajstić information content (AvgIpc) is 2.94. The number of hydrogen-bond donors (Lipinski definition) is 3. The second kappa shape index (κ2) is 7.26. The standard InChI is InChI=1S/C14H19N3O2.ClH/c1-9-10(13(18)15-2)5-3-6-11(9)17-14(19)12-7-4-8-16-12;/h3,5-6,12,16H,4,7-8H2,1-2H3,(H,15,18)(H,17,19);1H. The molecule has 1 aromatic carbocycles. The highest BCUT2D eigenvalue weighted by atomic mass is 35.5. The van der Waals surface area contributed by atoms with Gasteiger partial charge in [-0.3, -0.25) is 9.59 Å². The maximum Gasteiger partial charge on any atom is 0.251 e. The Morgan fingerprint density at radius 1 is 1.35 bits per heavy atom. The number of rotatable bonds is 3. The van der Waals surface area contributed by atoms with Crippen molar-refractivity contribution in [2.75, 3.05) is 18.9 Å². The topological polar surface area (TPSA) is 70.2 Å². The summed E-state index contributed by atoms with van der Waals surface area (Å²) in [6.45, 7) is 2.72. The van der Waals surface area contributed by atoms with Gasteiger partial charge in [0, 0.05) is 18.3 Å². The minimum Gasteiger partial charge on any atom is -0.355 e. The van der Waals surface area contributed by atoms with Crippen LogP contribution in [0.25, 0.3) is 0 Å². The molecule has 1 aliphatic heterocycles. The third-order valence-electron chi connectivity index (χ3n) is 3.44. The lowest BCUT2D eigenvalue weighted by molar-refractivity contribution is -0.117. The first-order valence-corrected chi connectivity index (χ1v) is 6.49. The maximum atomic E-state index is 12.0. The highest BCUT2D eigenvalue weighted by Gasteiger charge is 2.22. The second-order valence-electron chi connectivity index (χ2n) is 4.70. The van der Waals surface area contributed by atoms with Gasteiger partial charge < -0.3 is 16.0 Å². The van der Waals surface area contributed by atoms with E-state index in [4.69, 9.17) is 0 Å². The van der Waals surface area contributed by atoms with Crippen molar-refractivity contribution in [2.24, 2.45) is 0 Å². The first-order valence-electron chi connectivity index (χ1n) is 6.49.